The van der Waals surface area contributed by atoms with Crippen LogP contribution in [0.5, 0.6) is 0 Å². The van der Waals surface area contributed by atoms with Gasteiger partial charge in [0.1, 0.15) is 0 Å². The second kappa shape index (κ2) is 7.57. The Bertz CT molecular complexity index is 606. The molecule has 0 aliphatic heterocycles. The van der Waals surface area contributed by atoms with Crippen LogP contribution >= 0.6 is 23.5 Å². The van der Waals surface area contributed by atoms with Crippen molar-refractivity contribution in [3.8, 4) is 0 Å². The molecule has 4 heteroatoms. The minimum atomic E-state index is -0.887. The lowest BCUT2D eigenvalue weighted by molar-refractivity contribution is 0.0693. The largest absolute Gasteiger partial charge is 0.478 e. The molecule has 2 aromatic carbocycles. The molecule has 1 N–H and O–H groups in total. The zero-order valence-electron chi connectivity index (χ0n) is 12.1. The summed E-state index contributed by atoms with van der Waals surface area (Å²) in [6.07, 6.45) is 0. The zero-order valence-corrected chi connectivity index (χ0v) is 13.7. The van der Waals surface area contributed by atoms with Crippen molar-refractivity contribution in [1.82, 2.24) is 0 Å². The van der Waals surface area contributed by atoms with E-state index in [9.17, 15) is 9.90 Å². The van der Waals surface area contributed by atoms with Crippen LogP contribution in [-0.2, 0) is 0 Å². The Labute approximate surface area is 134 Å². The van der Waals surface area contributed by atoms with Crippen molar-refractivity contribution in [3.63, 3.8) is 0 Å². The third kappa shape index (κ3) is 4.83. The fourth-order valence-corrected chi connectivity index (χ4v) is 3.52. The van der Waals surface area contributed by atoms with Crippen LogP contribution in [0.2, 0.25) is 0 Å². The normalized spacial score (nSPS) is 10.8. The van der Waals surface area contributed by atoms with Crippen LogP contribution in [0, 0.1) is 5.92 Å². The number of hydrogen-bond donors (Lipinski definition) is 1. The smallest absolute Gasteiger partial charge is 0.336 e. The molecule has 0 unspecified atom stereocenters. The highest BCUT2D eigenvalue weighted by Crippen LogP contribution is 2.32. The quantitative estimate of drug-likeness (QED) is 0.735. The molecule has 0 saturated heterocycles. The van der Waals surface area contributed by atoms with Gasteiger partial charge in [-0.3, -0.25) is 0 Å². The van der Waals surface area contributed by atoms with Gasteiger partial charge in [0.25, 0.3) is 0 Å². The number of rotatable bonds is 6. The van der Waals surface area contributed by atoms with Crippen LogP contribution in [0.3, 0.4) is 0 Å². The second-order valence-corrected chi connectivity index (χ2v) is 7.29. The topological polar surface area (TPSA) is 37.3 Å². The number of carbonyl (C=O) groups is 1. The molecule has 0 bridgehead atoms. The fraction of sp³-hybridized carbons (Fsp3) is 0.235. The molecule has 0 fully saturated rings. The lowest BCUT2D eigenvalue weighted by Crippen LogP contribution is -1.97. The first-order valence-electron chi connectivity index (χ1n) is 6.79. The van der Waals surface area contributed by atoms with Gasteiger partial charge in [0.2, 0.25) is 0 Å². The Balaban J connectivity index is 2.09. The van der Waals surface area contributed by atoms with Crippen molar-refractivity contribution in [3.05, 3.63) is 54.1 Å². The molecule has 2 aromatic rings. The Morgan fingerprint density at radius 3 is 2.29 bits per heavy atom. The Morgan fingerprint density at radius 1 is 1.05 bits per heavy atom. The summed E-state index contributed by atoms with van der Waals surface area (Å²) < 4.78 is 0. The van der Waals surface area contributed by atoms with Crippen molar-refractivity contribution in [2.75, 3.05) is 5.75 Å². The summed E-state index contributed by atoms with van der Waals surface area (Å²) in [4.78, 5) is 14.3. The monoisotopic (exact) mass is 318 g/mol. The van der Waals surface area contributed by atoms with E-state index in [0.717, 1.165) is 15.5 Å². The van der Waals surface area contributed by atoms with Gasteiger partial charge in [-0.2, -0.15) is 0 Å². The Hall–Kier alpha value is -1.39. The van der Waals surface area contributed by atoms with E-state index in [1.54, 1.807) is 12.1 Å². The van der Waals surface area contributed by atoms with E-state index in [-0.39, 0.29) is 0 Å². The van der Waals surface area contributed by atoms with Crippen molar-refractivity contribution >= 4 is 29.5 Å². The number of thioether (sulfide) groups is 1. The van der Waals surface area contributed by atoms with Crippen molar-refractivity contribution in [1.29, 1.82) is 0 Å². The standard InChI is InChI=1S/C17H18O2S2/c1-12(2)11-20-13-7-9-14(10-8-13)21-16-6-4-3-5-15(16)17(18)19/h3-10,12H,11H2,1-2H3,(H,18,19). The first-order chi connectivity index (χ1) is 10.1. The predicted octanol–water partition coefficient (Wildman–Crippen LogP) is 5.28. The van der Waals surface area contributed by atoms with Crippen LogP contribution in [0.15, 0.2) is 63.2 Å². The summed E-state index contributed by atoms with van der Waals surface area (Å²) in [7, 11) is 0. The molecular weight excluding hydrogens is 300 g/mol. The summed E-state index contributed by atoms with van der Waals surface area (Å²) >= 11 is 3.33. The second-order valence-electron chi connectivity index (χ2n) is 5.08. The number of carboxylic acids is 1. The van der Waals surface area contributed by atoms with Gasteiger partial charge in [-0.25, -0.2) is 4.79 Å². The summed E-state index contributed by atoms with van der Waals surface area (Å²) in [5.74, 6) is 0.891. The van der Waals surface area contributed by atoms with Gasteiger partial charge in [-0.05, 0) is 42.3 Å². The van der Waals surface area contributed by atoms with E-state index < -0.39 is 5.97 Å². The highest BCUT2D eigenvalue weighted by molar-refractivity contribution is 7.99. The minimum absolute atomic E-state index is 0.348. The molecule has 0 heterocycles. The van der Waals surface area contributed by atoms with E-state index in [1.807, 2.05) is 36.0 Å². The van der Waals surface area contributed by atoms with Crippen LogP contribution < -0.4 is 0 Å². The minimum Gasteiger partial charge on any atom is -0.478 e. The summed E-state index contributed by atoms with van der Waals surface area (Å²) in [6, 6.07) is 15.4. The average molecular weight is 318 g/mol. The van der Waals surface area contributed by atoms with Crippen molar-refractivity contribution in [2.24, 2.45) is 5.92 Å². The molecule has 0 aromatic heterocycles. The van der Waals surface area contributed by atoms with Crippen LogP contribution in [0.4, 0.5) is 0 Å². The summed E-state index contributed by atoms with van der Waals surface area (Å²) in [5.41, 5.74) is 0.348. The Morgan fingerprint density at radius 2 is 1.67 bits per heavy atom. The van der Waals surface area contributed by atoms with Crippen LogP contribution in [-0.4, -0.2) is 16.8 Å². The Kier molecular flexibility index (Phi) is 5.76. The SMILES string of the molecule is CC(C)CSc1ccc(Sc2ccccc2C(=O)O)cc1. The van der Waals surface area contributed by atoms with E-state index in [2.05, 4.69) is 26.0 Å². The molecule has 0 saturated carbocycles. The highest BCUT2D eigenvalue weighted by atomic mass is 32.2. The molecular formula is C17H18O2S2. The van der Waals surface area contributed by atoms with Gasteiger partial charge in [-0.1, -0.05) is 37.7 Å². The molecule has 2 nitrogen and oxygen atoms in total. The van der Waals surface area contributed by atoms with Crippen molar-refractivity contribution < 1.29 is 9.90 Å². The molecule has 0 radical (unpaired) electrons. The molecule has 0 aliphatic rings. The zero-order chi connectivity index (χ0) is 15.2. The van der Waals surface area contributed by atoms with E-state index in [1.165, 1.54) is 16.7 Å². The van der Waals surface area contributed by atoms with Crippen molar-refractivity contribution in [2.45, 2.75) is 28.5 Å². The number of hydrogen-bond acceptors (Lipinski definition) is 3. The molecule has 110 valence electrons. The lowest BCUT2D eigenvalue weighted by Gasteiger charge is -2.07. The van der Waals surface area contributed by atoms with Gasteiger partial charge in [0.05, 0.1) is 5.56 Å². The fourth-order valence-electron chi connectivity index (χ4n) is 1.73. The lowest BCUT2D eigenvalue weighted by atomic mass is 10.2. The van der Waals surface area contributed by atoms with Gasteiger partial charge in [0, 0.05) is 20.4 Å². The third-order valence-electron chi connectivity index (χ3n) is 2.75. The van der Waals surface area contributed by atoms with E-state index >= 15 is 0 Å². The van der Waals surface area contributed by atoms with Crippen LogP contribution in [0.1, 0.15) is 24.2 Å². The maximum atomic E-state index is 11.2. The van der Waals surface area contributed by atoms with Gasteiger partial charge >= 0.3 is 5.97 Å². The third-order valence-corrected chi connectivity index (χ3v) is 5.27. The maximum absolute atomic E-state index is 11.2. The summed E-state index contributed by atoms with van der Waals surface area (Å²) in [6.45, 7) is 4.42. The van der Waals surface area contributed by atoms with Crippen LogP contribution in [0.25, 0.3) is 0 Å². The molecule has 2 rings (SSSR count). The molecule has 0 aliphatic carbocycles. The predicted molar refractivity (Wildman–Crippen MR) is 89.5 cm³/mol. The molecule has 0 spiro atoms. The summed E-state index contributed by atoms with van der Waals surface area (Å²) in [5, 5.41) is 9.19. The first-order valence-corrected chi connectivity index (χ1v) is 8.59. The van der Waals surface area contributed by atoms with E-state index in [0.29, 0.717) is 11.5 Å². The molecule has 0 atom stereocenters. The number of aromatic carboxylic acids is 1. The molecule has 21 heavy (non-hydrogen) atoms. The average Bonchev–Trinajstić information content (AvgIpc) is 2.47. The first kappa shape index (κ1) is 16.0. The number of carboxylic acid groups (broad SMARTS) is 1. The van der Waals surface area contributed by atoms with E-state index in [4.69, 9.17) is 0 Å². The number of benzene rings is 2. The highest BCUT2D eigenvalue weighted by Gasteiger charge is 2.10. The van der Waals surface area contributed by atoms with Gasteiger partial charge in [0.15, 0.2) is 0 Å². The van der Waals surface area contributed by atoms with Gasteiger partial charge < -0.3 is 5.11 Å². The molecule has 0 amide bonds. The van der Waals surface area contributed by atoms with Gasteiger partial charge in [-0.15, -0.1) is 11.8 Å². The maximum Gasteiger partial charge on any atom is 0.336 e.